The lowest BCUT2D eigenvalue weighted by molar-refractivity contribution is -0.183. The molecule has 0 radical (unpaired) electrons. The van der Waals surface area contributed by atoms with Gasteiger partial charge in [0.05, 0.1) is 76.3 Å². The molecule has 8 bridgehead atoms. The fourth-order valence-electron chi connectivity index (χ4n) is 11.9. The van der Waals surface area contributed by atoms with Gasteiger partial charge in [-0.1, -0.05) is 12.2 Å². The highest BCUT2D eigenvalue weighted by molar-refractivity contribution is 8.44. The molecule has 8 fully saturated rings. The molecular weight excluding hydrogens is 1360 g/mol. The number of nitrogen functional groups attached to an aromatic ring is 2. The molecular formula is C44H48F2N18O18P4S4. The van der Waals surface area contributed by atoms with Crippen LogP contribution in [0.15, 0.2) is 50.6 Å². The second-order valence-electron chi connectivity index (χ2n) is 21.7. The average Bonchev–Trinajstić information content (AvgIpc) is 1.58. The summed E-state index contributed by atoms with van der Waals surface area (Å²) in [5.41, 5.74) is 13.1. The van der Waals surface area contributed by atoms with Crippen LogP contribution < -0.4 is 11.5 Å². The van der Waals surface area contributed by atoms with Crippen molar-refractivity contribution in [1.29, 1.82) is 0 Å². The number of thiol groups is 1. The van der Waals surface area contributed by atoms with Crippen molar-refractivity contribution in [2.24, 2.45) is 0 Å². The van der Waals surface area contributed by atoms with Crippen LogP contribution >= 0.6 is 39.2 Å². The van der Waals surface area contributed by atoms with E-state index in [1.807, 2.05) is 0 Å². The van der Waals surface area contributed by atoms with Gasteiger partial charge in [-0.05, 0) is 49.3 Å². The Morgan fingerprint density at radius 3 is 1.34 bits per heavy atom. The van der Waals surface area contributed by atoms with Crippen molar-refractivity contribution in [3.05, 3.63) is 62.0 Å². The predicted octanol–water partition coefficient (Wildman–Crippen LogP) is 2.24. The largest absolute Gasteiger partial charge is 0.386 e. The van der Waals surface area contributed by atoms with Crippen LogP contribution in [0, 0.1) is 13.8 Å². The second-order valence-corrected chi connectivity index (χ2v) is 32.9. The molecule has 16 heterocycles. The molecule has 8 saturated heterocycles. The van der Waals surface area contributed by atoms with Crippen molar-refractivity contribution in [2.75, 3.05) is 51.1 Å². The van der Waals surface area contributed by atoms with Crippen LogP contribution in [0.3, 0.4) is 0 Å². The molecule has 0 aromatic carbocycles. The zero-order chi connectivity index (χ0) is 62.6. The zero-order valence-electron chi connectivity index (χ0n) is 45.9. The molecule has 0 saturated carbocycles. The number of aromatic nitrogens is 16. The number of anilines is 2. The molecule has 0 aliphatic carbocycles. The van der Waals surface area contributed by atoms with Gasteiger partial charge in [-0.25, -0.2) is 73.2 Å². The van der Waals surface area contributed by atoms with Crippen molar-refractivity contribution >= 4 is 131 Å². The summed E-state index contributed by atoms with van der Waals surface area (Å²) < 4.78 is 135. The Morgan fingerprint density at radius 2 is 0.889 bits per heavy atom. The summed E-state index contributed by atoms with van der Waals surface area (Å²) >= 11 is 20.2. The van der Waals surface area contributed by atoms with Crippen LogP contribution in [0.1, 0.15) is 36.3 Å². The van der Waals surface area contributed by atoms with Crippen LogP contribution in [-0.2, 0) is 105 Å². The summed E-state index contributed by atoms with van der Waals surface area (Å²) in [6, 6.07) is 0. The number of nitrogens with zero attached hydrogens (tertiary/aromatic N) is 16. The number of imidazole rings is 4. The van der Waals surface area contributed by atoms with Gasteiger partial charge in [-0.3, -0.25) is 40.9 Å². The SMILES string of the molecule is Cc1ncnc2c1ncn2[C@@H]1O[C@@]23CO[C@@H]1[C@@H]2OP(O)(=S)OC[C@H]1O[C@@H](n2cnc4c(N)ncnc42)[C@H](OP(=O)(S)OC3)[C@H]1F.Cc1ncnc2c1ncn2[C@@H]1O[C@@]23CO[C@@H]1[C@@H]2OP(O)(=S)OC[C@H]1O[C@@H](n2cnc4c(N)ncnc42)[C@H](OP(O)(=S)OC3)[C@H]1F. The van der Waals surface area contributed by atoms with E-state index in [1.54, 1.807) is 23.0 Å². The van der Waals surface area contributed by atoms with Gasteiger partial charge < -0.3 is 68.1 Å². The molecule has 20 atom stereocenters. The number of alkyl halides is 2. The Bertz CT molecular complexity index is 4110. The first-order valence-corrected chi connectivity index (χ1v) is 37.3. The molecule has 480 valence electrons. The molecule has 36 nitrogen and oxygen atoms in total. The Balaban J connectivity index is 0.000000150. The third kappa shape index (κ3) is 10.6. The van der Waals surface area contributed by atoms with E-state index in [9.17, 15) is 19.2 Å². The van der Waals surface area contributed by atoms with Crippen molar-refractivity contribution < 1.29 is 92.6 Å². The minimum atomic E-state index is -4.36. The molecule has 8 aliphatic heterocycles. The van der Waals surface area contributed by atoms with E-state index in [-0.39, 0.29) is 47.2 Å². The zero-order valence-corrected chi connectivity index (χ0v) is 52.9. The standard InChI is InChI=1S/2C22H24FN9O9P2S2/c2*1-9-12-18(27-5-25-9)32(7-29-12)21-15-16-22(39-21,3-35-15)4-37-43(34,45)40-14-11(23)10(2-36-42(33,44)41-16)38-20(14)31-8-30-13-17(24)26-6-28-19(13)31/h2*5-8,10-11,14-16,20-21H,2-4H2,1H3,(H,33,44)(H,34,45)(H2,24,26,28)/t2*10-,11+,14-,15-,16+,20-,21-,22-,42?,43?/m11/s1. The lowest BCUT2D eigenvalue weighted by atomic mass is 10.0. The van der Waals surface area contributed by atoms with Crippen LogP contribution in [0.25, 0.3) is 44.7 Å². The molecule has 90 heavy (non-hydrogen) atoms. The maximum absolute atomic E-state index is 16.0. The molecule has 7 N–H and O–H groups in total. The summed E-state index contributed by atoms with van der Waals surface area (Å²) in [7, 11) is 0. The van der Waals surface area contributed by atoms with Gasteiger partial charge in [0.2, 0.25) is 0 Å². The highest BCUT2D eigenvalue weighted by atomic mass is 32.7. The van der Waals surface area contributed by atoms with Crippen molar-refractivity contribution in [2.45, 2.75) is 111 Å². The lowest BCUT2D eigenvalue weighted by Crippen LogP contribution is -2.45. The van der Waals surface area contributed by atoms with Crippen LogP contribution in [0.2, 0.25) is 0 Å². The maximum Gasteiger partial charge on any atom is 0.386 e. The topological polar surface area (TPSA) is 433 Å². The normalized spacial score (nSPS) is 40.3. The molecule has 16 rings (SSSR count). The fraction of sp³-hybridized carbons (Fsp3) is 0.545. The highest BCUT2D eigenvalue weighted by Crippen LogP contribution is 2.63. The molecule has 0 spiro atoms. The highest BCUT2D eigenvalue weighted by Gasteiger charge is 2.67. The first-order valence-electron chi connectivity index (χ1n) is 26.9. The quantitative estimate of drug-likeness (QED) is 0.109. The molecule has 0 amide bonds. The number of halogens is 2. The minimum absolute atomic E-state index is 0.0846. The summed E-state index contributed by atoms with van der Waals surface area (Å²) in [4.78, 5) is 83.9. The third-order valence-electron chi connectivity index (χ3n) is 16.2. The van der Waals surface area contributed by atoms with E-state index >= 15 is 8.78 Å². The van der Waals surface area contributed by atoms with Crippen LogP contribution in [0.5, 0.6) is 0 Å². The number of fused-ring (bicyclic) bond motifs is 8. The summed E-state index contributed by atoms with van der Waals surface area (Å²) in [5, 5.41) is 0. The average molecular weight is 1410 g/mol. The van der Waals surface area contributed by atoms with Gasteiger partial charge >= 0.3 is 27.0 Å². The number of ether oxygens (including phenoxy) is 6. The first-order chi connectivity index (χ1) is 42.9. The van der Waals surface area contributed by atoms with Gasteiger partial charge in [-0.15, -0.1) is 0 Å². The number of rotatable bonds is 4. The Hall–Kier alpha value is -4.49. The van der Waals surface area contributed by atoms with E-state index in [4.69, 9.17) is 111 Å². The van der Waals surface area contributed by atoms with E-state index in [0.717, 1.165) is 0 Å². The fourth-order valence-corrected chi connectivity index (χ4v) is 17.7. The maximum atomic E-state index is 16.0. The number of hydrogen-bond acceptors (Lipinski definition) is 32. The molecule has 4 unspecified atom stereocenters. The third-order valence-corrected chi connectivity index (χ3v) is 22.4. The Labute approximate surface area is 523 Å². The Kier molecular flexibility index (Phi) is 15.5. The van der Waals surface area contributed by atoms with Gasteiger partial charge in [0.25, 0.3) is 0 Å². The minimum Gasteiger partial charge on any atom is -0.382 e. The van der Waals surface area contributed by atoms with Crippen LogP contribution in [0.4, 0.5) is 20.4 Å². The van der Waals surface area contributed by atoms with E-state index < -0.39 is 151 Å². The first kappa shape index (κ1) is 61.7. The summed E-state index contributed by atoms with van der Waals surface area (Å²) in [5.74, 6) is 0.176. The summed E-state index contributed by atoms with van der Waals surface area (Å²) in [6.07, 6.45) is -6.98. The monoisotopic (exact) mass is 1410 g/mol. The van der Waals surface area contributed by atoms with Gasteiger partial charge in [0.15, 0.2) is 71.5 Å². The van der Waals surface area contributed by atoms with Crippen molar-refractivity contribution in [3.8, 4) is 0 Å². The van der Waals surface area contributed by atoms with E-state index in [0.29, 0.717) is 33.7 Å². The lowest BCUT2D eigenvalue weighted by Gasteiger charge is -2.33. The smallest absolute Gasteiger partial charge is 0.382 e. The van der Waals surface area contributed by atoms with Crippen molar-refractivity contribution in [1.82, 2.24) is 78.1 Å². The van der Waals surface area contributed by atoms with Gasteiger partial charge in [-0.2, -0.15) is 0 Å². The molecule has 8 aromatic heterocycles. The predicted molar refractivity (Wildman–Crippen MR) is 312 cm³/mol. The van der Waals surface area contributed by atoms with Gasteiger partial charge in [0, 0.05) is 0 Å². The number of nitrogens with two attached hydrogens (primary N) is 2. The van der Waals surface area contributed by atoms with Gasteiger partial charge in [0.1, 0.15) is 107 Å². The number of aryl methyl sites for hydroxylation is 2. The summed E-state index contributed by atoms with van der Waals surface area (Å²) in [6.45, 7) is -15.4. The van der Waals surface area contributed by atoms with Crippen molar-refractivity contribution in [3.63, 3.8) is 0 Å². The molecule has 46 heteroatoms. The Morgan fingerprint density at radius 1 is 0.511 bits per heavy atom. The second kappa shape index (κ2) is 22.6. The van der Waals surface area contributed by atoms with E-state index in [2.05, 4.69) is 72.1 Å². The molecule has 8 aromatic rings. The number of hydrogen-bond donors (Lipinski definition) is 6. The molecule has 8 aliphatic rings. The van der Waals surface area contributed by atoms with Crippen LogP contribution in [-0.4, -0.2) is 205 Å². The van der Waals surface area contributed by atoms with E-state index in [1.165, 1.54) is 59.8 Å².